The van der Waals surface area contributed by atoms with Gasteiger partial charge in [-0.05, 0) is 37.8 Å². The lowest BCUT2D eigenvalue weighted by Crippen LogP contribution is -2.39. The van der Waals surface area contributed by atoms with Crippen LogP contribution in [0.1, 0.15) is 64.4 Å². The molecule has 0 aromatic carbocycles. The van der Waals surface area contributed by atoms with E-state index in [1.165, 1.54) is 0 Å². The van der Waals surface area contributed by atoms with Gasteiger partial charge in [0.25, 0.3) is 0 Å². The molecule has 0 spiro atoms. The number of rotatable bonds is 4. The van der Waals surface area contributed by atoms with Crippen molar-refractivity contribution in [1.29, 1.82) is 0 Å². The largest absolute Gasteiger partial charge is 0.354 e. The van der Waals surface area contributed by atoms with Gasteiger partial charge in [-0.3, -0.25) is 9.36 Å². The van der Waals surface area contributed by atoms with Crippen molar-refractivity contribution in [2.45, 2.75) is 64.0 Å². The standard InChI is InChI=1S/C24H34N8/c1-24(2,3)23-27-21(29-12-4-8-19(17-29)31-14-6-10-25-31)16-22(28-23)30-13-5-9-20(18-30)32-15-7-11-26-32/h6-7,10-11,14-16,19-20H,4-5,8-9,12-13,17-18H2,1-3H3. The number of aromatic nitrogens is 6. The molecule has 2 unspecified atom stereocenters. The molecule has 0 radical (unpaired) electrons. The second-order valence-electron chi connectivity index (χ2n) is 10.1. The van der Waals surface area contributed by atoms with Crippen LogP contribution in [0.5, 0.6) is 0 Å². The predicted octanol–water partition coefficient (Wildman–Crippen LogP) is 3.85. The van der Waals surface area contributed by atoms with E-state index in [0.29, 0.717) is 12.1 Å². The molecule has 32 heavy (non-hydrogen) atoms. The molecule has 0 bridgehead atoms. The van der Waals surface area contributed by atoms with E-state index in [1.54, 1.807) is 0 Å². The summed E-state index contributed by atoms with van der Waals surface area (Å²) in [5.41, 5.74) is -0.112. The Hall–Kier alpha value is -2.90. The van der Waals surface area contributed by atoms with Crippen LogP contribution in [0, 0.1) is 0 Å². The highest BCUT2D eigenvalue weighted by Gasteiger charge is 2.28. The Morgan fingerprint density at radius 2 is 1.28 bits per heavy atom. The Bertz CT molecular complexity index is 933. The van der Waals surface area contributed by atoms with E-state index in [0.717, 1.165) is 69.3 Å². The van der Waals surface area contributed by atoms with Crippen molar-refractivity contribution in [3.63, 3.8) is 0 Å². The molecular formula is C24H34N8. The molecule has 0 aliphatic carbocycles. The molecule has 2 atom stereocenters. The molecule has 2 aliphatic heterocycles. The van der Waals surface area contributed by atoms with Crippen molar-refractivity contribution in [2.24, 2.45) is 0 Å². The van der Waals surface area contributed by atoms with Gasteiger partial charge in [0.2, 0.25) is 0 Å². The number of piperidine rings is 2. The minimum absolute atomic E-state index is 0.112. The Labute approximate surface area is 190 Å². The van der Waals surface area contributed by atoms with Crippen LogP contribution in [-0.4, -0.2) is 55.7 Å². The van der Waals surface area contributed by atoms with Gasteiger partial charge < -0.3 is 9.80 Å². The third-order valence-corrected chi connectivity index (χ3v) is 6.61. The molecule has 3 aromatic rings. The number of anilines is 2. The lowest BCUT2D eigenvalue weighted by atomic mass is 9.95. The maximum atomic E-state index is 5.05. The zero-order valence-corrected chi connectivity index (χ0v) is 19.4. The van der Waals surface area contributed by atoms with E-state index in [4.69, 9.17) is 9.97 Å². The molecule has 8 nitrogen and oxygen atoms in total. The molecule has 170 valence electrons. The Morgan fingerprint density at radius 3 is 1.69 bits per heavy atom. The summed E-state index contributed by atoms with van der Waals surface area (Å²) in [4.78, 5) is 14.9. The SMILES string of the molecule is CC(C)(C)c1nc(N2CCCC(n3cccn3)C2)cc(N2CCCC(n3cccn3)C2)n1. The van der Waals surface area contributed by atoms with Gasteiger partial charge in [0.05, 0.1) is 12.1 Å². The molecule has 8 heteroatoms. The molecule has 0 N–H and O–H groups in total. The third kappa shape index (κ3) is 4.36. The van der Waals surface area contributed by atoms with E-state index in [2.05, 4.69) is 68.6 Å². The fraction of sp³-hybridized carbons (Fsp3) is 0.583. The van der Waals surface area contributed by atoms with Crippen LogP contribution in [0.3, 0.4) is 0 Å². The Balaban J connectivity index is 1.44. The minimum Gasteiger partial charge on any atom is -0.354 e. The molecule has 5 heterocycles. The summed E-state index contributed by atoms with van der Waals surface area (Å²) < 4.78 is 4.19. The minimum atomic E-state index is -0.112. The smallest absolute Gasteiger partial charge is 0.138 e. The average molecular weight is 435 g/mol. The van der Waals surface area contributed by atoms with Gasteiger partial charge in [0.15, 0.2) is 0 Å². The molecular weight excluding hydrogens is 400 g/mol. The van der Waals surface area contributed by atoms with Crippen molar-refractivity contribution >= 4 is 11.6 Å². The summed E-state index contributed by atoms with van der Waals surface area (Å²) in [5.74, 6) is 2.99. The van der Waals surface area contributed by atoms with Gasteiger partial charge >= 0.3 is 0 Å². The summed E-state index contributed by atoms with van der Waals surface area (Å²) in [6.45, 7) is 10.5. The fourth-order valence-corrected chi connectivity index (χ4v) is 4.83. The van der Waals surface area contributed by atoms with Gasteiger partial charge in [-0.25, -0.2) is 9.97 Å². The summed E-state index contributed by atoms with van der Waals surface area (Å²) in [5, 5.41) is 8.98. The number of hydrogen-bond acceptors (Lipinski definition) is 6. The number of hydrogen-bond donors (Lipinski definition) is 0. The second kappa shape index (κ2) is 8.56. The molecule has 2 fully saturated rings. The Kier molecular flexibility index (Phi) is 5.61. The average Bonchev–Trinajstić information content (AvgIpc) is 3.53. The van der Waals surface area contributed by atoms with Crippen LogP contribution >= 0.6 is 0 Å². The normalized spacial score (nSPS) is 22.3. The third-order valence-electron chi connectivity index (χ3n) is 6.61. The lowest BCUT2D eigenvalue weighted by molar-refractivity contribution is 0.371. The summed E-state index contributed by atoms with van der Waals surface area (Å²) in [6.07, 6.45) is 12.5. The van der Waals surface area contributed by atoms with Crippen molar-refractivity contribution in [3.05, 3.63) is 48.8 Å². The van der Waals surface area contributed by atoms with Crippen molar-refractivity contribution in [2.75, 3.05) is 36.0 Å². The number of nitrogens with zero attached hydrogens (tertiary/aromatic N) is 8. The van der Waals surface area contributed by atoms with Crippen molar-refractivity contribution in [1.82, 2.24) is 29.5 Å². The lowest BCUT2D eigenvalue weighted by Gasteiger charge is -2.37. The van der Waals surface area contributed by atoms with E-state index < -0.39 is 0 Å². The monoisotopic (exact) mass is 434 g/mol. The summed E-state index contributed by atoms with van der Waals surface area (Å²) >= 11 is 0. The molecule has 2 aliphatic rings. The van der Waals surface area contributed by atoms with Gasteiger partial charge in [-0.15, -0.1) is 0 Å². The summed E-state index contributed by atoms with van der Waals surface area (Å²) in [6, 6.07) is 6.98. The van der Waals surface area contributed by atoms with Crippen LogP contribution in [0.2, 0.25) is 0 Å². The molecule has 0 saturated carbocycles. The van der Waals surface area contributed by atoms with Crippen LogP contribution in [0.4, 0.5) is 11.6 Å². The summed E-state index contributed by atoms with van der Waals surface area (Å²) in [7, 11) is 0. The van der Waals surface area contributed by atoms with Crippen LogP contribution in [-0.2, 0) is 5.41 Å². The highest BCUT2D eigenvalue weighted by molar-refractivity contribution is 5.52. The van der Waals surface area contributed by atoms with E-state index >= 15 is 0 Å². The van der Waals surface area contributed by atoms with Gasteiger partial charge in [0, 0.05) is 62.4 Å². The van der Waals surface area contributed by atoms with Crippen molar-refractivity contribution in [3.8, 4) is 0 Å². The highest BCUT2D eigenvalue weighted by atomic mass is 15.3. The zero-order chi connectivity index (χ0) is 22.1. The van der Waals surface area contributed by atoms with Gasteiger partial charge in [-0.2, -0.15) is 10.2 Å². The maximum absolute atomic E-state index is 5.05. The Morgan fingerprint density at radius 1 is 0.781 bits per heavy atom. The zero-order valence-electron chi connectivity index (χ0n) is 19.4. The molecule has 0 amide bonds. The van der Waals surface area contributed by atoms with Crippen molar-refractivity contribution < 1.29 is 0 Å². The first-order valence-electron chi connectivity index (χ1n) is 11.8. The maximum Gasteiger partial charge on any atom is 0.138 e. The van der Waals surface area contributed by atoms with Crippen LogP contribution in [0.15, 0.2) is 43.0 Å². The van der Waals surface area contributed by atoms with E-state index in [9.17, 15) is 0 Å². The van der Waals surface area contributed by atoms with Crippen LogP contribution < -0.4 is 9.80 Å². The van der Waals surface area contributed by atoms with Gasteiger partial charge in [0.1, 0.15) is 17.5 Å². The van der Waals surface area contributed by atoms with E-state index in [-0.39, 0.29) is 5.41 Å². The quantitative estimate of drug-likeness (QED) is 0.621. The fourth-order valence-electron chi connectivity index (χ4n) is 4.83. The predicted molar refractivity (Wildman–Crippen MR) is 126 cm³/mol. The van der Waals surface area contributed by atoms with Crippen LogP contribution in [0.25, 0.3) is 0 Å². The molecule has 5 rings (SSSR count). The second-order valence-corrected chi connectivity index (χ2v) is 10.1. The molecule has 3 aromatic heterocycles. The highest BCUT2D eigenvalue weighted by Crippen LogP contribution is 2.32. The topological polar surface area (TPSA) is 67.9 Å². The van der Waals surface area contributed by atoms with Gasteiger partial charge in [-0.1, -0.05) is 20.8 Å². The first kappa shape index (κ1) is 21.0. The first-order valence-corrected chi connectivity index (χ1v) is 11.8. The van der Waals surface area contributed by atoms with E-state index in [1.807, 2.05) is 24.5 Å². The first-order chi connectivity index (χ1) is 15.5. The molecule has 2 saturated heterocycles.